The van der Waals surface area contributed by atoms with Crippen molar-refractivity contribution in [2.75, 3.05) is 6.54 Å². The van der Waals surface area contributed by atoms with Gasteiger partial charge in [0.25, 0.3) is 5.91 Å². The lowest BCUT2D eigenvalue weighted by Crippen LogP contribution is -2.25. The predicted molar refractivity (Wildman–Crippen MR) is 65.0 cm³/mol. The van der Waals surface area contributed by atoms with Gasteiger partial charge in [0.1, 0.15) is 5.82 Å². The van der Waals surface area contributed by atoms with Gasteiger partial charge in [0.15, 0.2) is 0 Å². The zero-order valence-electron chi connectivity index (χ0n) is 10.2. The molecule has 2 N–H and O–H groups in total. The maximum atomic E-state index is 13.0. The van der Waals surface area contributed by atoms with E-state index in [4.69, 9.17) is 5.11 Å². The molecule has 1 amide bonds. The van der Waals surface area contributed by atoms with E-state index in [0.717, 1.165) is 0 Å². The number of carboxylic acid groups (broad SMARTS) is 1. The fraction of sp³-hybridized carbons (Fsp3) is 0.385. The summed E-state index contributed by atoms with van der Waals surface area (Å²) >= 11 is 0. The van der Waals surface area contributed by atoms with Crippen LogP contribution in [0.4, 0.5) is 4.39 Å². The van der Waals surface area contributed by atoms with Gasteiger partial charge in [-0.25, -0.2) is 4.39 Å². The van der Waals surface area contributed by atoms with E-state index in [1.807, 2.05) is 0 Å². The first-order chi connectivity index (χ1) is 8.50. The number of amides is 1. The van der Waals surface area contributed by atoms with Crippen LogP contribution in [0.3, 0.4) is 0 Å². The van der Waals surface area contributed by atoms with Crippen molar-refractivity contribution in [2.24, 2.45) is 0 Å². The second kappa shape index (κ2) is 6.74. The van der Waals surface area contributed by atoms with Gasteiger partial charge in [0.2, 0.25) is 0 Å². The van der Waals surface area contributed by atoms with Gasteiger partial charge in [0.05, 0.1) is 0 Å². The van der Waals surface area contributed by atoms with Crippen LogP contribution in [0.5, 0.6) is 0 Å². The predicted octanol–water partition coefficient (Wildman–Crippen LogP) is 2.12. The van der Waals surface area contributed by atoms with Crippen molar-refractivity contribution in [3.05, 3.63) is 35.1 Å². The first-order valence-corrected chi connectivity index (χ1v) is 5.77. The minimum Gasteiger partial charge on any atom is -0.481 e. The highest BCUT2D eigenvalue weighted by Gasteiger charge is 2.09. The Kier molecular flexibility index (Phi) is 5.30. The van der Waals surface area contributed by atoms with Gasteiger partial charge in [-0.1, -0.05) is 6.07 Å². The molecule has 18 heavy (non-hydrogen) atoms. The summed E-state index contributed by atoms with van der Waals surface area (Å²) in [6.07, 6.45) is 1.19. The first kappa shape index (κ1) is 14.2. The van der Waals surface area contributed by atoms with Crippen molar-refractivity contribution in [3.63, 3.8) is 0 Å². The minimum atomic E-state index is -0.845. The Bertz CT molecular complexity index is 446. The molecule has 0 heterocycles. The summed E-state index contributed by atoms with van der Waals surface area (Å²) in [5.74, 6) is -1.62. The molecule has 1 aromatic carbocycles. The van der Waals surface area contributed by atoms with Gasteiger partial charge in [-0.3, -0.25) is 9.59 Å². The van der Waals surface area contributed by atoms with E-state index in [-0.39, 0.29) is 12.3 Å². The number of hydrogen-bond donors (Lipinski definition) is 2. The Hall–Kier alpha value is -1.91. The van der Waals surface area contributed by atoms with Gasteiger partial charge >= 0.3 is 5.97 Å². The molecule has 4 nitrogen and oxygen atoms in total. The monoisotopic (exact) mass is 253 g/mol. The molecule has 0 saturated heterocycles. The Balaban J connectivity index is 2.41. The fourth-order valence-electron chi connectivity index (χ4n) is 1.54. The quantitative estimate of drug-likeness (QED) is 0.763. The van der Waals surface area contributed by atoms with E-state index in [1.54, 1.807) is 13.0 Å². The minimum absolute atomic E-state index is 0.0921. The lowest BCUT2D eigenvalue weighted by atomic mass is 10.1. The van der Waals surface area contributed by atoms with Gasteiger partial charge < -0.3 is 10.4 Å². The van der Waals surface area contributed by atoms with Crippen molar-refractivity contribution in [1.29, 1.82) is 0 Å². The third kappa shape index (κ3) is 4.53. The van der Waals surface area contributed by atoms with Crippen molar-refractivity contribution < 1.29 is 19.1 Å². The summed E-state index contributed by atoms with van der Waals surface area (Å²) in [5.41, 5.74) is 1.02. The van der Waals surface area contributed by atoms with Gasteiger partial charge in [0, 0.05) is 18.5 Å². The lowest BCUT2D eigenvalue weighted by Gasteiger charge is -2.07. The standard InChI is InChI=1S/C13H16FNO3/c1-9-5-6-10(14)8-11(9)13(18)15-7-3-2-4-12(16)17/h5-6,8H,2-4,7H2,1H3,(H,15,18)(H,16,17). The zero-order chi connectivity index (χ0) is 13.5. The molecule has 1 rings (SSSR count). The highest BCUT2D eigenvalue weighted by atomic mass is 19.1. The Morgan fingerprint density at radius 3 is 2.72 bits per heavy atom. The van der Waals surface area contributed by atoms with Crippen molar-refractivity contribution in [2.45, 2.75) is 26.2 Å². The molecule has 0 aliphatic carbocycles. The summed E-state index contributed by atoms with van der Waals surface area (Å²) in [6, 6.07) is 4.05. The molecule has 5 heteroatoms. The number of aryl methyl sites for hydroxylation is 1. The molecular weight excluding hydrogens is 237 g/mol. The first-order valence-electron chi connectivity index (χ1n) is 5.77. The fourth-order valence-corrected chi connectivity index (χ4v) is 1.54. The molecule has 0 unspecified atom stereocenters. The molecule has 0 aromatic heterocycles. The second-order valence-electron chi connectivity index (χ2n) is 4.07. The molecule has 0 radical (unpaired) electrons. The van der Waals surface area contributed by atoms with Crippen LogP contribution in [0.15, 0.2) is 18.2 Å². The Morgan fingerprint density at radius 2 is 2.06 bits per heavy atom. The van der Waals surface area contributed by atoms with Crippen LogP contribution in [-0.2, 0) is 4.79 Å². The van der Waals surface area contributed by atoms with E-state index in [2.05, 4.69) is 5.32 Å². The molecule has 0 atom stereocenters. The topological polar surface area (TPSA) is 66.4 Å². The molecule has 0 saturated carbocycles. The number of nitrogens with one attached hydrogen (secondary N) is 1. The van der Waals surface area contributed by atoms with Crippen LogP contribution in [0.1, 0.15) is 35.2 Å². The van der Waals surface area contributed by atoms with Gasteiger partial charge in [-0.05, 0) is 37.5 Å². The molecule has 0 aliphatic rings. The third-order valence-electron chi connectivity index (χ3n) is 2.55. The average molecular weight is 253 g/mol. The number of unbranched alkanes of at least 4 members (excludes halogenated alkanes) is 1. The zero-order valence-corrected chi connectivity index (χ0v) is 10.2. The molecule has 98 valence electrons. The lowest BCUT2D eigenvalue weighted by molar-refractivity contribution is -0.137. The van der Waals surface area contributed by atoms with Crippen molar-refractivity contribution in [1.82, 2.24) is 5.32 Å². The summed E-state index contributed by atoms with van der Waals surface area (Å²) in [6.45, 7) is 2.13. The normalized spacial score (nSPS) is 10.1. The molecular formula is C13H16FNO3. The number of carbonyl (C=O) groups excluding carboxylic acids is 1. The van der Waals surface area contributed by atoms with Crippen LogP contribution >= 0.6 is 0 Å². The highest BCUT2D eigenvalue weighted by molar-refractivity contribution is 5.95. The number of carbonyl (C=O) groups is 2. The Morgan fingerprint density at radius 1 is 1.33 bits per heavy atom. The molecule has 0 spiro atoms. The van der Waals surface area contributed by atoms with Gasteiger partial charge in [-0.2, -0.15) is 0 Å². The van der Waals surface area contributed by atoms with E-state index in [1.165, 1.54) is 12.1 Å². The summed E-state index contributed by atoms with van der Waals surface area (Å²) in [7, 11) is 0. The molecule has 0 fully saturated rings. The van der Waals surface area contributed by atoms with E-state index in [0.29, 0.717) is 30.5 Å². The van der Waals surface area contributed by atoms with Crippen LogP contribution in [-0.4, -0.2) is 23.5 Å². The van der Waals surface area contributed by atoms with Crippen LogP contribution in [0.2, 0.25) is 0 Å². The summed E-state index contributed by atoms with van der Waals surface area (Å²) < 4.78 is 13.0. The van der Waals surface area contributed by atoms with Crippen LogP contribution in [0, 0.1) is 12.7 Å². The van der Waals surface area contributed by atoms with E-state index in [9.17, 15) is 14.0 Å². The number of carboxylic acids is 1. The van der Waals surface area contributed by atoms with Crippen LogP contribution in [0.25, 0.3) is 0 Å². The van der Waals surface area contributed by atoms with E-state index >= 15 is 0 Å². The largest absolute Gasteiger partial charge is 0.481 e. The molecule has 1 aromatic rings. The number of hydrogen-bond acceptors (Lipinski definition) is 2. The maximum absolute atomic E-state index is 13.0. The number of aliphatic carboxylic acids is 1. The summed E-state index contributed by atoms with van der Waals surface area (Å²) in [5, 5.41) is 11.1. The van der Waals surface area contributed by atoms with Crippen molar-refractivity contribution in [3.8, 4) is 0 Å². The number of halogens is 1. The summed E-state index contributed by atoms with van der Waals surface area (Å²) in [4.78, 5) is 22.0. The number of rotatable bonds is 6. The smallest absolute Gasteiger partial charge is 0.303 e. The number of benzene rings is 1. The SMILES string of the molecule is Cc1ccc(F)cc1C(=O)NCCCCC(=O)O. The maximum Gasteiger partial charge on any atom is 0.303 e. The average Bonchev–Trinajstić information content (AvgIpc) is 2.31. The second-order valence-corrected chi connectivity index (χ2v) is 4.07. The molecule has 0 aliphatic heterocycles. The van der Waals surface area contributed by atoms with Gasteiger partial charge in [-0.15, -0.1) is 0 Å². The highest BCUT2D eigenvalue weighted by Crippen LogP contribution is 2.10. The molecule has 0 bridgehead atoms. The van der Waals surface area contributed by atoms with E-state index < -0.39 is 11.8 Å². The van der Waals surface area contributed by atoms with Crippen molar-refractivity contribution >= 4 is 11.9 Å². The van der Waals surface area contributed by atoms with Crippen LogP contribution < -0.4 is 5.32 Å². The third-order valence-corrected chi connectivity index (χ3v) is 2.55. The Labute approximate surface area is 105 Å².